The summed E-state index contributed by atoms with van der Waals surface area (Å²) in [5.41, 5.74) is 1.74. The molecule has 1 heterocycles. The minimum absolute atomic E-state index is 0. The lowest BCUT2D eigenvalue weighted by Gasteiger charge is -2.39. The van der Waals surface area contributed by atoms with Crippen LogP contribution >= 0.6 is 24.0 Å². The largest absolute Gasteiger partial charge is 0.357 e. The molecule has 0 bridgehead atoms. The number of guanidine groups is 1. The van der Waals surface area contributed by atoms with Crippen LogP contribution in [0.3, 0.4) is 0 Å². The normalized spacial score (nSPS) is 18.8. The highest BCUT2D eigenvalue weighted by molar-refractivity contribution is 14.0. The van der Waals surface area contributed by atoms with Crippen molar-refractivity contribution in [3.63, 3.8) is 0 Å². The van der Waals surface area contributed by atoms with E-state index in [4.69, 9.17) is 4.99 Å². The van der Waals surface area contributed by atoms with Gasteiger partial charge in [-0.1, -0.05) is 26.0 Å². The molecule has 1 aliphatic rings. The van der Waals surface area contributed by atoms with E-state index in [0.717, 1.165) is 17.7 Å². The van der Waals surface area contributed by atoms with Crippen LogP contribution in [0.4, 0.5) is 5.69 Å². The van der Waals surface area contributed by atoms with Crippen molar-refractivity contribution in [3.05, 3.63) is 29.8 Å². The molecule has 2 rings (SSSR count). The lowest BCUT2D eigenvalue weighted by atomic mass is 10.1. The Morgan fingerprint density at radius 3 is 2.60 bits per heavy atom. The minimum atomic E-state index is -3.10. The number of halogens is 1. The van der Waals surface area contributed by atoms with Crippen LogP contribution in [0.1, 0.15) is 46.6 Å². The number of sulfone groups is 1. The number of nitrogens with zero attached hydrogens (tertiary/aromatic N) is 2. The Labute approximate surface area is 198 Å². The molecule has 1 atom stereocenters. The van der Waals surface area contributed by atoms with Crippen molar-refractivity contribution in [1.29, 1.82) is 0 Å². The van der Waals surface area contributed by atoms with Crippen molar-refractivity contribution in [3.8, 4) is 0 Å². The third-order valence-corrected chi connectivity index (χ3v) is 7.88. The molecule has 1 unspecified atom stereocenters. The van der Waals surface area contributed by atoms with Crippen LogP contribution in [0, 0.1) is 5.92 Å². The summed E-state index contributed by atoms with van der Waals surface area (Å²) in [6.07, 6.45) is 0.795. The molecular formula is C21H35IN4O3S. The van der Waals surface area contributed by atoms with Crippen molar-refractivity contribution in [2.24, 2.45) is 10.9 Å². The summed E-state index contributed by atoms with van der Waals surface area (Å²) >= 11 is 0. The second kappa shape index (κ2) is 11.3. The van der Waals surface area contributed by atoms with E-state index in [0.29, 0.717) is 32.1 Å². The molecule has 1 aromatic rings. The second-order valence-corrected chi connectivity index (χ2v) is 10.9. The van der Waals surface area contributed by atoms with Gasteiger partial charge >= 0.3 is 0 Å². The van der Waals surface area contributed by atoms with Crippen molar-refractivity contribution in [1.82, 2.24) is 10.2 Å². The standard InChI is InChI=1S/C21H34N4O3S.HI/c1-6-16(3)19(26)24-18-10-8-9-17(13-18)14-23-20(22-7-2)25-11-12-29(27,28)21(4,5)15-25;/h8-10,13,16H,6-7,11-12,14-15H2,1-5H3,(H,22,23)(H,24,26);1H. The van der Waals surface area contributed by atoms with Gasteiger partial charge in [0.25, 0.3) is 0 Å². The SMILES string of the molecule is CCNC(=NCc1cccc(NC(=O)C(C)CC)c1)N1CCS(=O)(=O)C(C)(C)C1.I. The second-order valence-electron chi connectivity index (χ2n) is 8.17. The number of aliphatic imine (C=N–C) groups is 1. The van der Waals surface area contributed by atoms with Crippen LogP contribution in [-0.4, -0.2) is 55.3 Å². The number of benzene rings is 1. The van der Waals surface area contributed by atoms with E-state index in [1.54, 1.807) is 13.8 Å². The number of anilines is 1. The molecular weight excluding hydrogens is 515 g/mol. The van der Waals surface area contributed by atoms with Gasteiger partial charge in [0.05, 0.1) is 17.0 Å². The predicted octanol–water partition coefficient (Wildman–Crippen LogP) is 3.26. The third-order valence-electron chi connectivity index (χ3n) is 5.34. The summed E-state index contributed by atoms with van der Waals surface area (Å²) in [6, 6.07) is 7.67. The van der Waals surface area contributed by atoms with Gasteiger partial charge in [0, 0.05) is 31.2 Å². The topological polar surface area (TPSA) is 90.9 Å². The molecule has 30 heavy (non-hydrogen) atoms. The van der Waals surface area contributed by atoms with Crippen molar-refractivity contribution in [2.75, 3.05) is 30.7 Å². The molecule has 1 aliphatic heterocycles. The maximum Gasteiger partial charge on any atom is 0.227 e. The van der Waals surface area contributed by atoms with Crippen LogP contribution in [0.2, 0.25) is 0 Å². The summed E-state index contributed by atoms with van der Waals surface area (Å²) in [4.78, 5) is 18.9. The molecule has 0 aliphatic carbocycles. The van der Waals surface area contributed by atoms with Crippen LogP contribution < -0.4 is 10.6 Å². The number of carbonyl (C=O) groups excluding carboxylic acids is 1. The van der Waals surface area contributed by atoms with Crippen molar-refractivity contribution >= 4 is 51.4 Å². The molecule has 0 radical (unpaired) electrons. The van der Waals surface area contributed by atoms with Gasteiger partial charge < -0.3 is 15.5 Å². The van der Waals surface area contributed by atoms with Crippen LogP contribution in [0.15, 0.2) is 29.3 Å². The highest BCUT2D eigenvalue weighted by atomic mass is 127. The van der Waals surface area contributed by atoms with Gasteiger partial charge in [-0.05, 0) is 44.9 Å². The number of amides is 1. The molecule has 0 aromatic heterocycles. The third kappa shape index (κ3) is 6.83. The maximum absolute atomic E-state index is 12.3. The highest BCUT2D eigenvalue weighted by Gasteiger charge is 2.40. The van der Waals surface area contributed by atoms with Crippen LogP contribution in [-0.2, 0) is 21.2 Å². The lowest BCUT2D eigenvalue weighted by molar-refractivity contribution is -0.119. The number of rotatable bonds is 6. The smallest absolute Gasteiger partial charge is 0.227 e. The number of hydrogen-bond donors (Lipinski definition) is 2. The first-order valence-electron chi connectivity index (χ1n) is 10.2. The number of hydrogen-bond acceptors (Lipinski definition) is 4. The maximum atomic E-state index is 12.3. The summed E-state index contributed by atoms with van der Waals surface area (Å²) in [5, 5.41) is 6.22. The van der Waals surface area contributed by atoms with Gasteiger partial charge in [-0.3, -0.25) is 4.79 Å². The molecule has 7 nitrogen and oxygen atoms in total. The number of carbonyl (C=O) groups is 1. The zero-order chi connectivity index (χ0) is 21.7. The molecule has 170 valence electrons. The van der Waals surface area contributed by atoms with Crippen molar-refractivity contribution in [2.45, 2.75) is 52.3 Å². The number of nitrogens with one attached hydrogen (secondary N) is 2. The van der Waals surface area contributed by atoms with E-state index in [1.165, 1.54) is 0 Å². The molecule has 0 spiro atoms. The van der Waals surface area contributed by atoms with E-state index >= 15 is 0 Å². The Hall–Kier alpha value is -1.36. The quantitative estimate of drug-likeness (QED) is 0.323. The average Bonchev–Trinajstić information content (AvgIpc) is 2.67. The average molecular weight is 551 g/mol. The molecule has 2 N–H and O–H groups in total. The monoisotopic (exact) mass is 550 g/mol. The fourth-order valence-corrected chi connectivity index (χ4v) is 4.48. The van der Waals surface area contributed by atoms with Crippen LogP contribution in [0.5, 0.6) is 0 Å². The van der Waals surface area contributed by atoms with Gasteiger partial charge in [0.15, 0.2) is 15.8 Å². The van der Waals surface area contributed by atoms with Gasteiger partial charge in [0.1, 0.15) is 0 Å². The lowest BCUT2D eigenvalue weighted by Crippen LogP contribution is -2.57. The van der Waals surface area contributed by atoms with Gasteiger partial charge in [-0.2, -0.15) is 0 Å². The van der Waals surface area contributed by atoms with E-state index in [2.05, 4.69) is 10.6 Å². The summed E-state index contributed by atoms with van der Waals surface area (Å²) in [7, 11) is -3.10. The van der Waals surface area contributed by atoms with Gasteiger partial charge in [-0.25, -0.2) is 13.4 Å². The zero-order valence-electron chi connectivity index (χ0n) is 18.6. The molecule has 1 fully saturated rings. The summed E-state index contributed by atoms with van der Waals surface area (Å²) in [5.74, 6) is 0.820. The first kappa shape index (κ1) is 26.7. The molecule has 1 amide bonds. The molecule has 9 heteroatoms. The van der Waals surface area contributed by atoms with E-state index in [1.807, 2.05) is 49.9 Å². The molecule has 1 saturated heterocycles. The summed E-state index contributed by atoms with van der Waals surface area (Å²) in [6.45, 7) is 11.4. The first-order valence-corrected chi connectivity index (χ1v) is 11.9. The fourth-order valence-electron chi connectivity index (χ4n) is 3.11. The molecule has 0 saturated carbocycles. The van der Waals surface area contributed by atoms with E-state index < -0.39 is 14.6 Å². The predicted molar refractivity (Wildman–Crippen MR) is 134 cm³/mol. The Kier molecular flexibility index (Phi) is 10.1. The van der Waals surface area contributed by atoms with E-state index in [9.17, 15) is 13.2 Å². The Morgan fingerprint density at radius 1 is 1.30 bits per heavy atom. The summed E-state index contributed by atoms with van der Waals surface area (Å²) < 4.78 is 23.8. The zero-order valence-corrected chi connectivity index (χ0v) is 21.7. The van der Waals surface area contributed by atoms with E-state index in [-0.39, 0.29) is 41.6 Å². The van der Waals surface area contributed by atoms with Crippen molar-refractivity contribution < 1.29 is 13.2 Å². The van der Waals surface area contributed by atoms with Crippen LogP contribution in [0.25, 0.3) is 0 Å². The first-order chi connectivity index (χ1) is 13.6. The fraction of sp³-hybridized carbons (Fsp3) is 0.619. The minimum Gasteiger partial charge on any atom is -0.357 e. The van der Waals surface area contributed by atoms with Gasteiger partial charge in [0.2, 0.25) is 5.91 Å². The Balaban J connectivity index is 0.00000450. The van der Waals surface area contributed by atoms with Gasteiger partial charge in [-0.15, -0.1) is 24.0 Å². The Morgan fingerprint density at radius 2 is 2.00 bits per heavy atom. The highest BCUT2D eigenvalue weighted by Crippen LogP contribution is 2.24. The molecule has 1 aromatic carbocycles. The Bertz CT molecular complexity index is 856.